The largest absolute Gasteiger partial charge is 0.393 e. The van der Waals surface area contributed by atoms with Crippen LogP contribution in [0, 0.1) is 58.2 Å². The van der Waals surface area contributed by atoms with Gasteiger partial charge in [0, 0.05) is 6.04 Å². The van der Waals surface area contributed by atoms with Gasteiger partial charge in [0.15, 0.2) is 0 Å². The Morgan fingerprint density at radius 3 is 2.44 bits per heavy atom. The van der Waals surface area contributed by atoms with Gasteiger partial charge in [0.25, 0.3) is 0 Å². The predicted octanol–water partition coefficient (Wildman–Crippen LogP) is 6.13. The van der Waals surface area contributed by atoms with E-state index in [1.807, 2.05) is 0 Å². The lowest BCUT2D eigenvalue weighted by Crippen LogP contribution is -2.63. The van der Waals surface area contributed by atoms with Crippen LogP contribution in [0.15, 0.2) is 0 Å². The first-order chi connectivity index (χ1) is 20.4. The van der Waals surface area contributed by atoms with Gasteiger partial charge in [-0.15, -0.1) is 0 Å². The fourth-order valence-corrected chi connectivity index (χ4v) is 11.5. The van der Waals surface area contributed by atoms with Gasteiger partial charge in [-0.1, -0.05) is 41.5 Å². The number of unbranched alkanes of at least 4 members (excludes halogenated alkanes) is 1. The smallest absolute Gasteiger partial charge is 0.302 e. The van der Waals surface area contributed by atoms with Gasteiger partial charge in [-0.2, -0.15) is 4.21 Å². The highest BCUT2D eigenvalue weighted by Crippen LogP contribution is 2.69. The van der Waals surface area contributed by atoms with Crippen molar-refractivity contribution in [2.24, 2.45) is 63.9 Å². The Morgan fingerprint density at radius 1 is 1.00 bits per heavy atom. The molecule has 7 nitrogen and oxygen atoms in total. The van der Waals surface area contributed by atoms with Crippen molar-refractivity contribution in [3.05, 3.63) is 0 Å². The molecule has 0 saturated heterocycles. The Morgan fingerprint density at radius 2 is 1.74 bits per heavy atom. The molecule has 0 spiro atoms. The molecule has 4 saturated carbocycles. The van der Waals surface area contributed by atoms with E-state index < -0.39 is 11.4 Å². The quantitative estimate of drug-likeness (QED) is 0.103. The summed E-state index contributed by atoms with van der Waals surface area (Å²) < 4.78 is 26.0. The summed E-state index contributed by atoms with van der Waals surface area (Å²) >= 11 is -2.21. The molecule has 0 aromatic heterocycles. The predicted molar refractivity (Wildman–Crippen MR) is 178 cm³/mol. The minimum Gasteiger partial charge on any atom is -0.393 e. The van der Waals surface area contributed by atoms with Crippen LogP contribution in [0.3, 0.4) is 0 Å². The number of hydrogen-bond acceptors (Lipinski definition) is 6. The Labute approximate surface area is 266 Å². The zero-order chi connectivity index (χ0) is 31.4. The average Bonchev–Trinajstić information content (AvgIpc) is 3.39. The van der Waals surface area contributed by atoms with Gasteiger partial charge in [0.1, 0.15) is 0 Å². The van der Waals surface area contributed by atoms with Crippen molar-refractivity contribution in [1.29, 1.82) is 0 Å². The molecule has 0 aromatic carbocycles. The average molecular weight is 626 g/mol. The molecule has 6 N–H and O–H groups in total. The highest BCUT2D eigenvalue weighted by Gasteiger charge is 2.64. The molecule has 4 aliphatic carbocycles. The summed E-state index contributed by atoms with van der Waals surface area (Å²) in [6.07, 6.45) is 13.4. The maximum absolute atomic E-state index is 11.9. The lowest BCUT2D eigenvalue weighted by Gasteiger charge is -2.66. The first-order valence-electron chi connectivity index (χ1n) is 18.0. The van der Waals surface area contributed by atoms with Crippen LogP contribution in [0.5, 0.6) is 0 Å². The molecule has 252 valence electrons. The Bertz CT molecular complexity index is 893. The molecule has 4 rings (SSSR count). The van der Waals surface area contributed by atoms with Crippen molar-refractivity contribution < 1.29 is 18.1 Å². The first-order valence-corrected chi connectivity index (χ1v) is 19.0. The molecule has 0 bridgehead atoms. The number of aliphatic hydroxyl groups excluding tert-OH is 1. The third-order valence-corrected chi connectivity index (χ3v) is 13.8. The molecule has 9 unspecified atom stereocenters. The maximum atomic E-state index is 11.9. The van der Waals surface area contributed by atoms with Gasteiger partial charge in [0.05, 0.1) is 12.2 Å². The monoisotopic (exact) mass is 625 g/mol. The number of aliphatic hydroxyl groups is 1. The highest BCUT2D eigenvalue weighted by atomic mass is 32.2. The van der Waals surface area contributed by atoms with E-state index in [0.29, 0.717) is 52.9 Å². The first kappa shape index (κ1) is 35.8. The van der Waals surface area contributed by atoms with Gasteiger partial charge in [-0.25, -0.2) is 0 Å². The third-order valence-electron chi connectivity index (χ3n) is 13.4. The summed E-state index contributed by atoms with van der Waals surface area (Å²) in [6.45, 7) is 18.2. The second-order valence-electron chi connectivity index (χ2n) is 16.3. The molecular weight excluding hydrogens is 558 g/mol. The minimum absolute atomic E-state index is 0.177. The number of hydrogen-bond donors (Lipinski definition) is 5. The van der Waals surface area contributed by atoms with Gasteiger partial charge >= 0.3 is 11.4 Å². The van der Waals surface area contributed by atoms with E-state index in [1.165, 1.54) is 38.5 Å². The van der Waals surface area contributed by atoms with E-state index in [2.05, 4.69) is 52.2 Å². The molecule has 0 aliphatic heterocycles. The third kappa shape index (κ3) is 8.08. The highest BCUT2D eigenvalue weighted by molar-refractivity contribution is 7.74. The molecular formula is C35H67N3O4S. The van der Waals surface area contributed by atoms with Crippen molar-refractivity contribution in [3.8, 4) is 0 Å². The standard InChI is InChI=1S/C35H67N3O4S/c1-23(2)31(42-43(40)41)13-10-24(3)27-11-12-28-32(27)25(4)20-29-33(28)30(39)22-34(5)21-26(14-15-35(29,34)6)38-19-9-18-37-17-8-7-16-36/h23-33,37-39H,7-22,36H2,1-6H3,(H,40,41)/t24-,25?,26-,27?,28?,29?,30?,31?,32?,33?,34+,35+/m0/s1. The molecule has 43 heavy (non-hydrogen) atoms. The van der Waals surface area contributed by atoms with Crippen LogP contribution in [0.2, 0.25) is 0 Å². The SMILES string of the molecule is CC(C)C(CC[C@H](C)C1CCC2C1C(C)CC1C2C(O)C[C@@]2(C)C[C@@H](NCCCNCCCCN)CC[C@]12C)OS(=O)O. The number of nitrogens with two attached hydrogens (primary N) is 1. The maximum Gasteiger partial charge on any atom is 0.302 e. The summed E-state index contributed by atoms with van der Waals surface area (Å²) in [7, 11) is 0. The minimum atomic E-state index is -2.21. The number of fused-ring (bicyclic) bond motifs is 5. The molecule has 4 aliphatic rings. The van der Waals surface area contributed by atoms with Crippen LogP contribution in [-0.2, 0) is 15.5 Å². The topological polar surface area (TPSA) is 117 Å². The fraction of sp³-hybridized carbons (Fsp3) is 1.00. The van der Waals surface area contributed by atoms with E-state index in [4.69, 9.17) is 9.92 Å². The van der Waals surface area contributed by atoms with E-state index in [1.54, 1.807) is 0 Å². The lowest BCUT2D eigenvalue weighted by molar-refractivity contribution is -0.198. The van der Waals surface area contributed by atoms with Gasteiger partial charge in [-0.3, -0.25) is 8.74 Å². The van der Waals surface area contributed by atoms with E-state index in [9.17, 15) is 13.9 Å². The van der Waals surface area contributed by atoms with E-state index in [0.717, 1.165) is 64.7 Å². The summed E-state index contributed by atoms with van der Waals surface area (Å²) in [6, 6.07) is 0.562. The van der Waals surface area contributed by atoms with Crippen molar-refractivity contribution in [2.45, 2.75) is 137 Å². The van der Waals surface area contributed by atoms with Crippen molar-refractivity contribution in [2.75, 3.05) is 26.2 Å². The summed E-state index contributed by atoms with van der Waals surface area (Å²) in [4.78, 5) is 0. The van der Waals surface area contributed by atoms with Gasteiger partial charge in [0.2, 0.25) is 0 Å². The van der Waals surface area contributed by atoms with Crippen molar-refractivity contribution in [1.82, 2.24) is 10.6 Å². The second kappa shape index (κ2) is 15.7. The Kier molecular flexibility index (Phi) is 13.0. The second-order valence-corrected chi connectivity index (χ2v) is 16.9. The van der Waals surface area contributed by atoms with E-state index >= 15 is 0 Å². The Balaban J connectivity index is 1.35. The van der Waals surface area contributed by atoms with Crippen LogP contribution >= 0.6 is 0 Å². The molecule has 4 fully saturated rings. The van der Waals surface area contributed by atoms with Crippen molar-refractivity contribution in [3.63, 3.8) is 0 Å². The van der Waals surface area contributed by atoms with Crippen LogP contribution in [0.25, 0.3) is 0 Å². The summed E-state index contributed by atoms with van der Waals surface area (Å²) in [5, 5.41) is 19.4. The number of rotatable bonds is 16. The van der Waals surface area contributed by atoms with Crippen molar-refractivity contribution >= 4 is 11.4 Å². The molecule has 0 aromatic rings. The zero-order valence-corrected chi connectivity index (χ0v) is 29.2. The summed E-state index contributed by atoms with van der Waals surface area (Å²) in [5.74, 6) is 4.52. The number of nitrogens with one attached hydrogen (secondary N) is 2. The Hall–Kier alpha value is -0.0900. The van der Waals surface area contributed by atoms with E-state index in [-0.39, 0.29) is 23.5 Å². The molecule has 8 heteroatoms. The zero-order valence-electron chi connectivity index (χ0n) is 28.4. The van der Waals surface area contributed by atoms with Gasteiger partial charge < -0.3 is 21.5 Å². The molecule has 0 amide bonds. The van der Waals surface area contributed by atoms with Crippen LogP contribution in [0.4, 0.5) is 0 Å². The van der Waals surface area contributed by atoms with Gasteiger partial charge in [-0.05, 0) is 161 Å². The lowest BCUT2D eigenvalue weighted by atomic mass is 9.40. The molecule has 0 radical (unpaired) electrons. The molecule has 13 atom stereocenters. The van der Waals surface area contributed by atoms with Crippen LogP contribution in [-0.4, -0.2) is 58.3 Å². The summed E-state index contributed by atoms with van der Waals surface area (Å²) in [5.41, 5.74) is 6.07. The fourth-order valence-electron chi connectivity index (χ4n) is 11.0. The van der Waals surface area contributed by atoms with Crippen LogP contribution in [0.1, 0.15) is 119 Å². The van der Waals surface area contributed by atoms with Crippen LogP contribution < -0.4 is 16.4 Å². The molecule has 0 heterocycles. The normalized spacial score (nSPS) is 41.3.